The number of hydrogen-bond donors (Lipinski definition) is 1. The Morgan fingerprint density at radius 3 is 2.70 bits per heavy atom. The summed E-state index contributed by atoms with van der Waals surface area (Å²) in [6, 6.07) is 16.0. The molecule has 136 valence electrons. The van der Waals surface area contributed by atoms with Gasteiger partial charge in [-0.1, -0.05) is 30.3 Å². The number of fused-ring (bicyclic) bond motifs is 1. The van der Waals surface area contributed by atoms with Crippen molar-refractivity contribution in [3.63, 3.8) is 0 Å². The summed E-state index contributed by atoms with van der Waals surface area (Å²) in [4.78, 5) is 16.6. The molecule has 27 heavy (non-hydrogen) atoms. The summed E-state index contributed by atoms with van der Waals surface area (Å²) < 4.78 is 6.20. The van der Waals surface area contributed by atoms with Crippen LogP contribution in [0.1, 0.15) is 27.0 Å². The molecular weight excluding hydrogens is 336 g/mol. The van der Waals surface area contributed by atoms with Gasteiger partial charge in [-0.3, -0.25) is 9.78 Å². The summed E-state index contributed by atoms with van der Waals surface area (Å²) in [5, 5.41) is 3.03. The van der Waals surface area contributed by atoms with Crippen molar-refractivity contribution >= 4 is 5.91 Å². The maximum atomic E-state index is 12.6. The summed E-state index contributed by atoms with van der Waals surface area (Å²) >= 11 is 0. The van der Waals surface area contributed by atoms with Crippen molar-refractivity contribution in [2.75, 3.05) is 6.54 Å². The van der Waals surface area contributed by atoms with E-state index in [4.69, 9.17) is 4.74 Å². The van der Waals surface area contributed by atoms with Crippen molar-refractivity contribution in [1.29, 1.82) is 0 Å². The van der Waals surface area contributed by atoms with Gasteiger partial charge in [0.25, 0.3) is 5.91 Å². The Hall–Kier alpha value is -3.14. The molecule has 2 aromatic carbocycles. The lowest BCUT2D eigenvalue weighted by molar-refractivity contribution is 0.0933. The van der Waals surface area contributed by atoms with E-state index in [1.807, 2.05) is 44.2 Å². The second kappa shape index (κ2) is 7.23. The third-order valence-corrected chi connectivity index (χ3v) is 5.16. The molecule has 4 nitrogen and oxygen atoms in total. The molecule has 0 bridgehead atoms. The van der Waals surface area contributed by atoms with Gasteiger partial charge < -0.3 is 10.1 Å². The number of aromatic nitrogens is 1. The lowest BCUT2D eigenvalue weighted by Gasteiger charge is -2.14. The normalized spacial score (nSPS) is 15.1. The van der Waals surface area contributed by atoms with E-state index in [1.165, 1.54) is 5.56 Å². The lowest BCUT2D eigenvalue weighted by Crippen LogP contribution is -2.34. The minimum atomic E-state index is -0.0583. The van der Waals surface area contributed by atoms with Gasteiger partial charge in [0.05, 0.1) is 6.54 Å². The van der Waals surface area contributed by atoms with Gasteiger partial charge in [-0.25, -0.2) is 0 Å². The number of amides is 1. The van der Waals surface area contributed by atoms with E-state index in [9.17, 15) is 4.79 Å². The summed E-state index contributed by atoms with van der Waals surface area (Å²) in [6.07, 6.45) is 4.30. The number of pyridine rings is 1. The van der Waals surface area contributed by atoms with E-state index in [0.29, 0.717) is 6.54 Å². The SMILES string of the molecule is Cc1cccc(C(=O)NCC2Cc3cccc(-c4ccncc4)c3O2)c1C. The number of nitrogens with zero attached hydrogens (tertiary/aromatic N) is 1. The molecule has 4 rings (SSSR count). The zero-order valence-corrected chi connectivity index (χ0v) is 15.5. The van der Waals surface area contributed by atoms with Crippen molar-refractivity contribution in [2.24, 2.45) is 0 Å². The molecular formula is C23H22N2O2. The molecule has 3 aromatic rings. The Morgan fingerprint density at radius 1 is 1.11 bits per heavy atom. The first kappa shape index (κ1) is 17.3. The summed E-state index contributed by atoms with van der Waals surface area (Å²) in [5.74, 6) is 0.861. The third kappa shape index (κ3) is 3.43. The first-order chi connectivity index (χ1) is 13.1. The quantitative estimate of drug-likeness (QED) is 0.764. The van der Waals surface area contributed by atoms with Gasteiger partial charge in [-0.15, -0.1) is 0 Å². The number of para-hydroxylation sites is 1. The highest BCUT2D eigenvalue weighted by molar-refractivity contribution is 5.95. The molecule has 1 unspecified atom stereocenters. The molecule has 0 saturated heterocycles. The standard InChI is InChI=1S/C23H22N2O2/c1-15-5-3-7-20(16(15)2)23(26)25-14-19-13-18-6-4-8-21(22(18)27-19)17-9-11-24-12-10-17/h3-12,19H,13-14H2,1-2H3,(H,25,26). The number of benzene rings is 2. The molecule has 1 amide bonds. The predicted molar refractivity (Wildman–Crippen MR) is 106 cm³/mol. The van der Waals surface area contributed by atoms with Gasteiger partial charge in [-0.2, -0.15) is 0 Å². The number of carbonyl (C=O) groups excluding carboxylic acids is 1. The average molecular weight is 358 g/mol. The van der Waals surface area contributed by atoms with Crippen molar-refractivity contribution in [3.8, 4) is 16.9 Å². The molecule has 1 N–H and O–H groups in total. The largest absolute Gasteiger partial charge is 0.487 e. The fraction of sp³-hybridized carbons (Fsp3) is 0.217. The van der Waals surface area contributed by atoms with Crippen molar-refractivity contribution in [2.45, 2.75) is 26.4 Å². The van der Waals surface area contributed by atoms with Crippen LogP contribution in [0, 0.1) is 13.8 Å². The highest BCUT2D eigenvalue weighted by Gasteiger charge is 2.26. The number of hydrogen-bond acceptors (Lipinski definition) is 3. The van der Waals surface area contributed by atoms with Gasteiger partial charge in [-0.05, 0) is 54.3 Å². The number of ether oxygens (including phenoxy) is 1. The minimum absolute atomic E-state index is 0.0508. The van der Waals surface area contributed by atoms with E-state index in [2.05, 4.69) is 28.5 Å². The number of rotatable bonds is 4. The molecule has 2 heterocycles. The maximum Gasteiger partial charge on any atom is 0.251 e. The summed E-state index contributed by atoms with van der Waals surface area (Å²) in [7, 11) is 0. The molecule has 0 aliphatic carbocycles. The number of carbonyl (C=O) groups is 1. The van der Waals surface area contributed by atoms with Crippen LogP contribution in [0.4, 0.5) is 0 Å². The van der Waals surface area contributed by atoms with Crippen LogP contribution in [0.3, 0.4) is 0 Å². The Bertz CT molecular complexity index is 983. The van der Waals surface area contributed by atoms with Crippen molar-refractivity contribution in [3.05, 3.63) is 83.2 Å². The van der Waals surface area contributed by atoms with Crippen LogP contribution in [-0.4, -0.2) is 23.5 Å². The Balaban J connectivity index is 1.47. The fourth-order valence-corrected chi connectivity index (χ4v) is 3.51. The van der Waals surface area contributed by atoms with Crippen LogP contribution in [0.2, 0.25) is 0 Å². The molecule has 4 heteroatoms. The second-order valence-corrected chi connectivity index (χ2v) is 6.93. The van der Waals surface area contributed by atoms with Crippen LogP contribution in [0.15, 0.2) is 60.9 Å². The van der Waals surface area contributed by atoms with Gasteiger partial charge in [0, 0.05) is 29.9 Å². The maximum absolute atomic E-state index is 12.6. The van der Waals surface area contributed by atoms with Gasteiger partial charge >= 0.3 is 0 Å². The zero-order chi connectivity index (χ0) is 18.8. The van der Waals surface area contributed by atoms with Crippen LogP contribution in [0.5, 0.6) is 5.75 Å². The fourth-order valence-electron chi connectivity index (χ4n) is 3.51. The first-order valence-corrected chi connectivity index (χ1v) is 9.17. The van der Waals surface area contributed by atoms with Crippen LogP contribution in [0.25, 0.3) is 11.1 Å². The molecule has 0 radical (unpaired) electrons. The Labute approximate surface area is 159 Å². The topological polar surface area (TPSA) is 51.2 Å². The van der Waals surface area contributed by atoms with Gasteiger partial charge in [0.1, 0.15) is 11.9 Å². The lowest BCUT2D eigenvalue weighted by atomic mass is 10.0. The Kier molecular flexibility index (Phi) is 4.63. The molecule has 1 aromatic heterocycles. The van der Waals surface area contributed by atoms with E-state index in [1.54, 1.807) is 12.4 Å². The zero-order valence-electron chi connectivity index (χ0n) is 15.5. The highest BCUT2D eigenvalue weighted by atomic mass is 16.5. The molecule has 0 spiro atoms. The van der Waals surface area contributed by atoms with Crippen LogP contribution < -0.4 is 10.1 Å². The average Bonchev–Trinajstić information content (AvgIpc) is 3.12. The van der Waals surface area contributed by atoms with Crippen LogP contribution >= 0.6 is 0 Å². The summed E-state index contributed by atoms with van der Waals surface area (Å²) in [6.45, 7) is 4.48. The van der Waals surface area contributed by atoms with E-state index < -0.39 is 0 Å². The van der Waals surface area contributed by atoms with E-state index >= 15 is 0 Å². The smallest absolute Gasteiger partial charge is 0.251 e. The van der Waals surface area contributed by atoms with Crippen LogP contribution in [-0.2, 0) is 6.42 Å². The number of nitrogens with one attached hydrogen (secondary N) is 1. The molecule has 1 aliphatic rings. The minimum Gasteiger partial charge on any atom is -0.487 e. The molecule has 0 fully saturated rings. The Morgan fingerprint density at radius 2 is 1.89 bits per heavy atom. The predicted octanol–water partition coefficient (Wildman–Crippen LogP) is 4.10. The monoisotopic (exact) mass is 358 g/mol. The molecule has 1 atom stereocenters. The van der Waals surface area contributed by atoms with E-state index in [-0.39, 0.29) is 12.0 Å². The molecule has 0 saturated carbocycles. The van der Waals surface area contributed by atoms with Gasteiger partial charge in [0.2, 0.25) is 0 Å². The van der Waals surface area contributed by atoms with Crippen molar-refractivity contribution < 1.29 is 9.53 Å². The third-order valence-electron chi connectivity index (χ3n) is 5.16. The summed E-state index contributed by atoms with van der Waals surface area (Å²) in [5.41, 5.74) is 6.19. The van der Waals surface area contributed by atoms with E-state index in [0.717, 1.165) is 40.0 Å². The highest BCUT2D eigenvalue weighted by Crippen LogP contribution is 2.38. The van der Waals surface area contributed by atoms with Gasteiger partial charge in [0.15, 0.2) is 0 Å². The second-order valence-electron chi connectivity index (χ2n) is 6.93. The molecule has 1 aliphatic heterocycles. The number of aryl methyl sites for hydroxylation is 1. The van der Waals surface area contributed by atoms with Crippen molar-refractivity contribution in [1.82, 2.24) is 10.3 Å². The first-order valence-electron chi connectivity index (χ1n) is 9.17.